The summed E-state index contributed by atoms with van der Waals surface area (Å²) in [6, 6.07) is 12.3. The maximum absolute atomic E-state index is 13.4. The van der Waals surface area contributed by atoms with E-state index in [1.807, 2.05) is 31.2 Å². The number of rotatable bonds is 8. The van der Waals surface area contributed by atoms with E-state index in [0.29, 0.717) is 23.6 Å². The minimum Gasteiger partial charge on any atom is -0.484 e. The van der Waals surface area contributed by atoms with Crippen molar-refractivity contribution in [3.63, 3.8) is 0 Å². The fraction of sp³-hybridized carbons (Fsp3) is 0.278. The molecule has 2 aromatic rings. The van der Waals surface area contributed by atoms with Gasteiger partial charge in [-0.2, -0.15) is 11.8 Å². The van der Waals surface area contributed by atoms with Crippen molar-refractivity contribution in [2.24, 2.45) is 0 Å². The van der Waals surface area contributed by atoms with Gasteiger partial charge in [0.1, 0.15) is 11.6 Å². The summed E-state index contributed by atoms with van der Waals surface area (Å²) in [6.45, 7) is 2.48. The third-order valence-corrected chi connectivity index (χ3v) is 5.18. The van der Waals surface area contributed by atoms with E-state index in [0.717, 1.165) is 15.8 Å². The molecule has 0 aliphatic rings. The topological polar surface area (TPSA) is 38.3 Å². The van der Waals surface area contributed by atoms with E-state index in [4.69, 9.17) is 4.74 Å². The molecule has 0 saturated heterocycles. The van der Waals surface area contributed by atoms with Gasteiger partial charge in [-0.3, -0.25) is 4.79 Å². The van der Waals surface area contributed by atoms with Crippen molar-refractivity contribution >= 4 is 33.6 Å². The van der Waals surface area contributed by atoms with Gasteiger partial charge >= 0.3 is 0 Å². The van der Waals surface area contributed by atoms with Crippen LogP contribution in [0, 0.1) is 12.7 Å². The quantitative estimate of drug-likeness (QED) is 0.657. The van der Waals surface area contributed by atoms with E-state index in [-0.39, 0.29) is 18.3 Å². The second-order valence-electron chi connectivity index (χ2n) is 5.19. The summed E-state index contributed by atoms with van der Waals surface area (Å²) >= 11 is 5.00. The second-order valence-corrected chi connectivity index (χ2v) is 7.15. The molecule has 0 fully saturated rings. The molecule has 0 saturated carbocycles. The Morgan fingerprint density at radius 2 is 2.08 bits per heavy atom. The van der Waals surface area contributed by atoms with Crippen LogP contribution in [0.2, 0.25) is 0 Å². The van der Waals surface area contributed by atoms with Gasteiger partial charge in [-0.15, -0.1) is 0 Å². The number of halogens is 2. The molecule has 2 rings (SSSR count). The highest BCUT2D eigenvalue weighted by Gasteiger charge is 2.04. The molecule has 0 heterocycles. The molecular weight excluding hydrogens is 393 g/mol. The lowest BCUT2D eigenvalue weighted by Crippen LogP contribution is -2.30. The lowest BCUT2D eigenvalue weighted by atomic mass is 10.2. The molecule has 0 radical (unpaired) electrons. The molecule has 0 bridgehead atoms. The van der Waals surface area contributed by atoms with Crippen LogP contribution in [0.4, 0.5) is 4.39 Å². The van der Waals surface area contributed by atoms with Crippen LogP contribution in [0.3, 0.4) is 0 Å². The summed E-state index contributed by atoms with van der Waals surface area (Å²) in [5, 5.41) is 2.79. The van der Waals surface area contributed by atoms with Crippen molar-refractivity contribution in [2.45, 2.75) is 12.7 Å². The van der Waals surface area contributed by atoms with Crippen LogP contribution in [0.1, 0.15) is 11.1 Å². The molecule has 128 valence electrons. The number of hydrogen-bond donors (Lipinski definition) is 1. The number of thioether (sulfide) groups is 1. The molecule has 1 amide bonds. The van der Waals surface area contributed by atoms with Crippen LogP contribution in [0.5, 0.6) is 5.75 Å². The Kier molecular flexibility index (Phi) is 7.59. The monoisotopic (exact) mass is 411 g/mol. The molecule has 0 aromatic heterocycles. The third kappa shape index (κ3) is 6.17. The fourth-order valence-corrected chi connectivity index (χ4v) is 3.06. The maximum Gasteiger partial charge on any atom is 0.257 e. The maximum atomic E-state index is 13.4. The summed E-state index contributed by atoms with van der Waals surface area (Å²) < 4.78 is 19.9. The van der Waals surface area contributed by atoms with Gasteiger partial charge in [-0.1, -0.05) is 34.1 Å². The van der Waals surface area contributed by atoms with Gasteiger partial charge in [-0.05, 0) is 42.3 Å². The van der Waals surface area contributed by atoms with E-state index in [9.17, 15) is 9.18 Å². The predicted molar refractivity (Wildman–Crippen MR) is 99.9 cm³/mol. The highest BCUT2D eigenvalue weighted by Crippen LogP contribution is 2.21. The van der Waals surface area contributed by atoms with Crippen LogP contribution in [-0.4, -0.2) is 24.8 Å². The number of benzene rings is 2. The van der Waals surface area contributed by atoms with Gasteiger partial charge in [-0.25, -0.2) is 4.39 Å². The molecule has 24 heavy (non-hydrogen) atoms. The smallest absolute Gasteiger partial charge is 0.257 e. The molecule has 6 heteroatoms. The first-order valence-electron chi connectivity index (χ1n) is 7.53. The van der Waals surface area contributed by atoms with Gasteiger partial charge < -0.3 is 10.1 Å². The van der Waals surface area contributed by atoms with E-state index in [1.54, 1.807) is 23.9 Å². The number of nitrogens with one attached hydrogen (secondary N) is 1. The summed E-state index contributed by atoms with van der Waals surface area (Å²) in [5.41, 5.74) is 1.74. The molecule has 0 unspecified atom stereocenters. The van der Waals surface area contributed by atoms with Gasteiger partial charge in [0.2, 0.25) is 0 Å². The molecule has 0 aliphatic carbocycles. The van der Waals surface area contributed by atoms with Crippen molar-refractivity contribution in [1.29, 1.82) is 0 Å². The summed E-state index contributed by atoms with van der Waals surface area (Å²) in [4.78, 5) is 11.7. The highest BCUT2D eigenvalue weighted by molar-refractivity contribution is 9.10. The Bertz CT molecular complexity index is 696. The van der Waals surface area contributed by atoms with Crippen LogP contribution in [-0.2, 0) is 10.5 Å². The SMILES string of the molecule is Cc1cc(OCC(=O)NCCSCc2ccccc2F)ccc1Br. The van der Waals surface area contributed by atoms with Crippen molar-refractivity contribution in [3.05, 3.63) is 63.9 Å². The van der Waals surface area contributed by atoms with Gasteiger partial charge in [0.25, 0.3) is 5.91 Å². The van der Waals surface area contributed by atoms with E-state index < -0.39 is 0 Å². The Morgan fingerprint density at radius 1 is 1.29 bits per heavy atom. The van der Waals surface area contributed by atoms with E-state index in [1.165, 1.54) is 6.07 Å². The first-order chi connectivity index (χ1) is 11.6. The predicted octanol–water partition coefficient (Wildman–Crippen LogP) is 4.33. The standard InChI is InChI=1S/C18H19BrFNO2S/c1-13-10-15(6-7-16(13)19)23-11-18(22)21-8-9-24-12-14-4-2-3-5-17(14)20/h2-7,10H,8-9,11-12H2,1H3,(H,21,22). The molecule has 2 aromatic carbocycles. The lowest BCUT2D eigenvalue weighted by molar-refractivity contribution is -0.122. The third-order valence-electron chi connectivity index (χ3n) is 3.28. The molecular formula is C18H19BrFNO2S. The normalized spacial score (nSPS) is 10.5. The fourth-order valence-electron chi connectivity index (χ4n) is 1.97. The first-order valence-corrected chi connectivity index (χ1v) is 9.48. The van der Waals surface area contributed by atoms with Crippen molar-refractivity contribution in [3.8, 4) is 5.75 Å². The van der Waals surface area contributed by atoms with E-state index in [2.05, 4.69) is 21.2 Å². The summed E-state index contributed by atoms with van der Waals surface area (Å²) in [6.07, 6.45) is 0. The lowest BCUT2D eigenvalue weighted by Gasteiger charge is -2.09. The minimum absolute atomic E-state index is 0.0148. The van der Waals surface area contributed by atoms with Gasteiger partial charge in [0.05, 0.1) is 0 Å². The first kappa shape index (κ1) is 18.8. The second kappa shape index (κ2) is 9.69. The van der Waals surface area contributed by atoms with Crippen LogP contribution < -0.4 is 10.1 Å². The molecule has 3 nitrogen and oxygen atoms in total. The largest absolute Gasteiger partial charge is 0.484 e. The Balaban J connectivity index is 1.61. The molecule has 1 N–H and O–H groups in total. The van der Waals surface area contributed by atoms with Crippen LogP contribution >= 0.6 is 27.7 Å². The Labute approximate surface area is 154 Å². The van der Waals surface area contributed by atoms with Crippen molar-refractivity contribution in [2.75, 3.05) is 18.9 Å². The zero-order valence-corrected chi connectivity index (χ0v) is 15.8. The molecule has 0 atom stereocenters. The zero-order valence-electron chi connectivity index (χ0n) is 13.4. The number of aryl methyl sites for hydroxylation is 1. The van der Waals surface area contributed by atoms with Crippen molar-refractivity contribution < 1.29 is 13.9 Å². The minimum atomic E-state index is -0.188. The zero-order chi connectivity index (χ0) is 17.4. The number of carbonyl (C=O) groups excluding carboxylic acids is 1. The number of hydrogen-bond acceptors (Lipinski definition) is 3. The summed E-state index contributed by atoms with van der Waals surface area (Å²) in [5.74, 6) is 1.63. The molecule has 0 spiro atoms. The molecule has 0 aliphatic heterocycles. The highest BCUT2D eigenvalue weighted by atomic mass is 79.9. The Morgan fingerprint density at radius 3 is 2.83 bits per heavy atom. The van der Waals surface area contributed by atoms with Gasteiger partial charge in [0.15, 0.2) is 6.61 Å². The summed E-state index contributed by atoms with van der Waals surface area (Å²) in [7, 11) is 0. The number of carbonyl (C=O) groups is 1. The van der Waals surface area contributed by atoms with Crippen molar-refractivity contribution in [1.82, 2.24) is 5.32 Å². The number of amides is 1. The van der Waals surface area contributed by atoms with Crippen LogP contribution in [0.15, 0.2) is 46.9 Å². The van der Waals surface area contributed by atoms with Crippen LogP contribution in [0.25, 0.3) is 0 Å². The number of ether oxygens (including phenoxy) is 1. The Hall–Kier alpha value is -1.53. The van der Waals surface area contributed by atoms with E-state index >= 15 is 0 Å². The van der Waals surface area contributed by atoms with Gasteiger partial charge in [0, 0.05) is 22.5 Å². The average Bonchev–Trinajstić information content (AvgIpc) is 2.57. The average molecular weight is 412 g/mol.